The van der Waals surface area contributed by atoms with Gasteiger partial charge in [-0.25, -0.2) is 0 Å². The SMILES string of the molecule is CCC(=O)c1cncc(-c2cnc3cnc(CC(=O)C4CCN(C)CC4)cc3c2)c1. The molecular formula is C24H26N4O2. The van der Waals surface area contributed by atoms with Crippen molar-refractivity contribution in [2.75, 3.05) is 20.1 Å². The minimum Gasteiger partial charge on any atom is -0.306 e. The Hall–Kier alpha value is -2.99. The molecule has 0 amide bonds. The van der Waals surface area contributed by atoms with E-state index < -0.39 is 0 Å². The van der Waals surface area contributed by atoms with E-state index in [9.17, 15) is 9.59 Å². The molecule has 0 N–H and O–H groups in total. The second kappa shape index (κ2) is 8.79. The van der Waals surface area contributed by atoms with E-state index >= 15 is 0 Å². The minimum atomic E-state index is 0.0667. The lowest BCUT2D eigenvalue weighted by molar-refractivity contribution is -0.123. The molecule has 0 aromatic carbocycles. The molecule has 1 aliphatic heterocycles. The zero-order valence-corrected chi connectivity index (χ0v) is 17.5. The van der Waals surface area contributed by atoms with Crippen molar-refractivity contribution in [2.24, 2.45) is 5.92 Å². The van der Waals surface area contributed by atoms with Crippen molar-refractivity contribution in [3.05, 3.63) is 54.2 Å². The van der Waals surface area contributed by atoms with Crippen LogP contribution in [-0.2, 0) is 11.2 Å². The van der Waals surface area contributed by atoms with Crippen molar-refractivity contribution < 1.29 is 9.59 Å². The first-order valence-corrected chi connectivity index (χ1v) is 10.5. The fourth-order valence-corrected chi connectivity index (χ4v) is 3.94. The normalized spacial score (nSPS) is 15.4. The van der Waals surface area contributed by atoms with Crippen LogP contribution in [0, 0.1) is 5.92 Å². The molecule has 0 saturated carbocycles. The van der Waals surface area contributed by atoms with Gasteiger partial charge in [0.05, 0.1) is 11.7 Å². The van der Waals surface area contributed by atoms with E-state index in [1.54, 1.807) is 24.8 Å². The summed E-state index contributed by atoms with van der Waals surface area (Å²) in [6.07, 6.45) is 9.48. The Labute approximate surface area is 176 Å². The Balaban J connectivity index is 1.57. The molecule has 4 heterocycles. The molecule has 0 atom stereocenters. The molecule has 3 aromatic heterocycles. The maximum absolute atomic E-state index is 12.7. The van der Waals surface area contributed by atoms with Crippen molar-refractivity contribution in [1.29, 1.82) is 0 Å². The van der Waals surface area contributed by atoms with E-state index in [1.807, 2.05) is 25.1 Å². The number of rotatable bonds is 6. The van der Waals surface area contributed by atoms with E-state index in [4.69, 9.17) is 0 Å². The van der Waals surface area contributed by atoms with Gasteiger partial charge in [-0.3, -0.25) is 24.5 Å². The number of piperidine rings is 1. The number of aromatic nitrogens is 3. The van der Waals surface area contributed by atoms with Gasteiger partial charge < -0.3 is 4.90 Å². The van der Waals surface area contributed by atoms with Gasteiger partial charge in [-0.15, -0.1) is 0 Å². The Kier molecular flexibility index (Phi) is 5.95. The molecule has 6 nitrogen and oxygen atoms in total. The Bertz CT molecular complexity index is 1090. The number of fused-ring (bicyclic) bond motifs is 1. The standard InChI is InChI=1S/C24H26N4O2/c1-3-23(29)20-9-18(12-25-13-20)19-8-17-10-21(26-15-22(17)27-14-19)11-24(30)16-4-6-28(2)7-5-16/h8-10,12-16H,3-7,11H2,1-2H3. The third kappa shape index (κ3) is 4.44. The summed E-state index contributed by atoms with van der Waals surface area (Å²) in [5, 5.41) is 0.931. The number of carbonyl (C=O) groups excluding carboxylic acids is 2. The van der Waals surface area contributed by atoms with Gasteiger partial charge in [0.15, 0.2) is 5.78 Å². The van der Waals surface area contributed by atoms with Crippen molar-refractivity contribution in [2.45, 2.75) is 32.6 Å². The maximum atomic E-state index is 12.7. The number of hydrogen-bond donors (Lipinski definition) is 0. The number of likely N-dealkylation sites (tertiary alicyclic amines) is 1. The smallest absolute Gasteiger partial charge is 0.164 e. The highest BCUT2D eigenvalue weighted by Gasteiger charge is 2.23. The summed E-state index contributed by atoms with van der Waals surface area (Å²) in [5.74, 6) is 0.471. The number of carbonyl (C=O) groups is 2. The Morgan fingerprint density at radius 3 is 2.53 bits per heavy atom. The molecule has 3 aromatic rings. The molecule has 0 unspecified atom stereocenters. The predicted octanol–water partition coefficient (Wildman–Crippen LogP) is 3.74. The highest BCUT2D eigenvalue weighted by Crippen LogP contribution is 2.24. The molecule has 0 spiro atoms. The molecule has 1 aliphatic rings. The van der Waals surface area contributed by atoms with E-state index in [0.29, 0.717) is 18.4 Å². The zero-order valence-electron chi connectivity index (χ0n) is 17.5. The van der Waals surface area contributed by atoms with Crippen LogP contribution < -0.4 is 0 Å². The monoisotopic (exact) mass is 402 g/mol. The molecule has 4 rings (SSSR count). The number of ketones is 2. The Morgan fingerprint density at radius 2 is 1.77 bits per heavy atom. The predicted molar refractivity (Wildman–Crippen MR) is 116 cm³/mol. The van der Waals surface area contributed by atoms with Gasteiger partial charge >= 0.3 is 0 Å². The summed E-state index contributed by atoms with van der Waals surface area (Å²) in [6, 6.07) is 5.82. The van der Waals surface area contributed by atoms with Crippen molar-refractivity contribution in [1.82, 2.24) is 19.9 Å². The largest absolute Gasteiger partial charge is 0.306 e. The first kappa shape index (κ1) is 20.3. The molecular weight excluding hydrogens is 376 g/mol. The topological polar surface area (TPSA) is 76.0 Å². The quantitative estimate of drug-likeness (QED) is 0.585. The highest BCUT2D eigenvalue weighted by atomic mass is 16.1. The van der Waals surface area contributed by atoms with Gasteiger partial charge in [0.2, 0.25) is 0 Å². The van der Waals surface area contributed by atoms with Crippen LogP contribution in [0.15, 0.2) is 43.0 Å². The molecule has 0 aliphatic carbocycles. The fraction of sp³-hybridized carbons (Fsp3) is 0.375. The molecule has 1 fully saturated rings. The summed E-state index contributed by atoms with van der Waals surface area (Å²) in [7, 11) is 2.10. The summed E-state index contributed by atoms with van der Waals surface area (Å²) in [5.41, 5.74) is 3.90. The van der Waals surface area contributed by atoms with Gasteiger partial charge in [-0.1, -0.05) is 6.92 Å². The van der Waals surface area contributed by atoms with E-state index in [1.165, 1.54) is 0 Å². The third-order valence-corrected chi connectivity index (χ3v) is 5.87. The van der Waals surface area contributed by atoms with Gasteiger partial charge in [0.1, 0.15) is 5.78 Å². The van der Waals surface area contributed by atoms with Crippen molar-refractivity contribution in [3.63, 3.8) is 0 Å². The third-order valence-electron chi connectivity index (χ3n) is 5.87. The van der Waals surface area contributed by atoms with Crippen LogP contribution in [0.25, 0.3) is 22.0 Å². The molecule has 0 bridgehead atoms. The number of hydrogen-bond acceptors (Lipinski definition) is 6. The van der Waals surface area contributed by atoms with Crippen molar-refractivity contribution in [3.8, 4) is 11.1 Å². The summed E-state index contributed by atoms with van der Waals surface area (Å²) in [4.78, 5) is 40.2. The lowest BCUT2D eigenvalue weighted by atomic mass is 9.90. The van der Waals surface area contributed by atoms with Crippen LogP contribution in [-0.4, -0.2) is 51.6 Å². The summed E-state index contributed by atoms with van der Waals surface area (Å²) in [6.45, 7) is 3.79. The first-order chi connectivity index (χ1) is 14.5. The van der Waals surface area contributed by atoms with Gasteiger partial charge in [0.25, 0.3) is 0 Å². The van der Waals surface area contributed by atoms with Crippen LogP contribution in [0.5, 0.6) is 0 Å². The van der Waals surface area contributed by atoms with Gasteiger partial charge in [0, 0.05) is 65.1 Å². The molecule has 0 radical (unpaired) electrons. The zero-order chi connectivity index (χ0) is 21.1. The van der Waals surface area contributed by atoms with Crippen LogP contribution in [0.2, 0.25) is 0 Å². The van der Waals surface area contributed by atoms with Crippen LogP contribution in [0.1, 0.15) is 42.2 Å². The maximum Gasteiger partial charge on any atom is 0.164 e. The molecule has 6 heteroatoms. The van der Waals surface area contributed by atoms with Gasteiger partial charge in [-0.05, 0) is 51.2 Å². The van der Waals surface area contributed by atoms with Gasteiger partial charge in [-0.2, -0.15) is 0 Å². The average molecular weight is 402 g/mol. The molecule has 30 heavy (non-hydrogen) atoms. The summed E-state index contributed by atoms with van der Waals surface area (Å²) < 4.78 is 0. The van der Waals surface area contributed by atoms with Crippen LogP contribution in [0.4, 0.5) is 0 Å². The van der Waals surface area contributed by atoms with E-state index in [0.717, 1.165) is 53.7 Å². The van der Waals surface area contributed by atoms with E-state index in [-0.39, 0.29) is 17.5 Å². The lowest BCUT2D eigenvalue weighted by Gasteiger charge is -2.27. The van der Waals surface area contributed by atoms with E-state index in [2.05, 4.69) is 26.9 Å². The second-order valence-corrected chi connectivity index (χ2v) is 8.05. The molecule has 1 saturated heterocycles. The number of nitrogens with zero attached hydrogens (tertiary/aromatic N) is 4. The fourth-order valence-electron chi connectivity index (χ4n) is 3.94. The first-order valence-electron chi connectivity index (χ1n) is 10.5. The lowest BCUT2D eigenvalue weighted by Crippen LogP contribution is -2.34. The highest BCUT2D eigenvalue weighted by molar-refractivity contribution is 5.96. The minimum absolute atomic E-state index is 0.0667. The molecule has 154 valence electrons. The number of Topliss-reactive ketones (excluding diaryl/α,β-unsaturated/α-hetero) is 2. The van der Waals surface area contributed by atoms with Crippen LogP contribution >= 0.6 is 0 Å². The van der Waals surface area contributed by atoms with Crippen LogP contribution in [0.3, 0.4) is 0 Å². The summed E-state index contributed by atoms with van der Waals surface area (Å²) >= 11 is 0. The average Bonchev–Trinajstić information content (AvgIpc) is 2.78. The number of pyridine rings is 3. The Morgan fingerprint density at radius 1 is 1.00 bits per heavy atom. The second-order valence-electron chi connectivity index (χ2n) is 8.05. The van der Waals surface area contributed by atoms with Crippen molar-refractivity contribution >= 4 is 22.5 Å².